The van der Waals surface area contributed by atoms with Crippen LogP contribution in [-0.2, 0) is 14.8 Å². The number of nitrogens with one attached hydrogen (secondary N) is 3. The second-order valence-electron chi connectivity index (χ2n) is 7.75. The first-order chi connectivity index (χ1) is 17.8. The molecule has 15 heteroatoms. The molecule has 0 unspecified atom stereocenters. The number of hydrogen-bond acceptors (Lipinski definition) is 8. The number of piperazine rings is 1. The lowest BCUT2D eigenvalue weighted by Gasteiger charge is -2.31. The van der Waals surface area contributed by atoms with Gasteiger partial charge >= 0.3 is 12.1 Å². The van der Waals surface area contributed by atoms with E-state index in [0.29, 0.717) is 29.3 Å². The summed E-state index contributed by atoms with van der Waals surface area (Å²) >= 11 is 0. The van der Waals surface area contributed by atoms with Gasteiger partial charge in [0.05, 0.1) is 30.5 Å². The fraction of sp³-hybridized carbons (Fsp3) is 0.391. The Bertz CT molecular complexity index is 1230. The van der Waals surface area contributed by atoms with Crippen molar-refractivity contribution in [3.63, 3.8) is 0 Å². The molecule has 1 aliphatic rings. The predicted octanol–water partition coefficient (Wildman–Crippen LogP) is 2.30. The number of carbonyl (C=O) groups excluding carboxylic acids is 1. The quantitative estimate of drug-likeness (QED) is 0.381. The van der Waals surface area contributed by atoms with Gasteiger partial charge in [0.1, 0.15) is 0 Å². The number of anilines is 2. The molecule has 0 aliphatic carbocycles. The number of sulfonamides is 1. The molecule has 1 saturated heterocycles. The van der Waals surface area contributed by atoms with Crippen LogP contribution in [0.4, 0.5) is 24.5 Å². The number of amides is 1. The lowest BCUT2D eigenvalue weighted by atomic mass is 10.1. The van der Waals surface area contributed by atoms with Gasteiger partial charge in [-0.15, -0.1) is 0 Å². The number of aliphatic carboxylic acids is 1. The summed E-state index contributed by atoms with van der Waals surface area (Å²) in [6.07, 6.45) is -5.08. The number of halogens is 3. The maximum atomic E-state index is 13.2. The van der Waals surface area contributed by atoms with E-state index in [1.807, 2.05) is 6.92 Å². The molecule has 1 aliphatic heterocycles. The van der Waals surface area contributed by atoms with E-state index in [1.165, 1.54) is 32.4 Å². The smallest absolute Gasteiger partial charge is 0.490 e. The van der Waals surface area contributed by atoms with Crippen LogP contribution in [0.25, 0.3) is 0 Å². The standard InChI is InChI=1S/C21H28N4O5S.C2HF3O2/c1-4-23-21(26)15-5-7-18(25-11-9-22-10-12-25)17(13-15)24-31(27,28)16-6-8-19(29-2)20(14-16)30-3;3-2(4,5)1(6)7/h5-8,13-14,22,24H,4,9-12H2,1-3H3,(H,23,26);(H,6,7). The van der Waals surface area contributed by atoms with Crippen molar-refractivity contribution in [2.45, 2.75) is 18.0 Å². The van der Waals surface area contributed by atoms with Crippen molar-refractivity contribution in [1.82, 2.24) is 10.6 Å². The second kappa shape index (κ2) is 13.2. The first kappa shape index (κ1) is 30.5. The molecule has 2 aromatic carbocycles. The molecule has 0 spiro atoms. The normalized spacial score (nSPS) is 13.6. The number of rotatable bonds is 8. The van der Waals surface area contributed by atoms with Crippen LogP contribution >= 0.6 is 0 Å². The molecule has 0 atom stereocenters. The Labute approximate surface area is 218 Å². The van der Waals surface area contributed by atoms with Crippen LogP contribution in [0, 0.1) is 0 Å². The summed E-state index contributed by atoms with van der Waals surface area (Å²) in [6, 6.07) is 9.44. The minimum Gasteiger partial charge on any atom is -0.493 e. The third-order valence-electron chi connectivity index (χ3n) is 5.21. The van der Waals surface area contributed by atoms with Gasteiger partial charge in [-0.1, -0.05) is 0 Å². The van der Waals surface area contributed by atoms with Crippen molar-refractivity contribution in [3.8, 4) is 11.5 Å². The average molecular weight is 563 g/mol. The highest BCUT2D eigenvalue weighted by Gasteiger charge is 2.38. The molecule has 0 bridgehead atoms. The fourth-order valence-corrected chi connectivity index (χ4v) is 4.47. The number of carboxylic acids is 1. The minimum atomic E-state index is -5.08. The molecule has 38 heavy (non-hydrogen) atoms. The highest BCUT2D eigenvalue weighted by molar-refractivity contribution is 7.92. The van der Waals surface area contributed by atoms with E-state index >= 15 is 0 Å². The third kappa shape index (κ3) is 8.14. The van der Waals surface area contributed by atoms with Gasteiger partial charge in [0.15, 0.2) is 11.5 Å². The maximum Gasteiger partial charge on any atom is 0.490 e. The van der Waals surface area contributed by atoms with Crippen molar-refractivity contribution in [3.05, 3.63) is 42.0 Å². The van der Waals surface area contributed by atoms with Crippen molar-refractivity contribution in [2.24, 2.45) is 0 Å². The number of carboxylic acid groups (broad SMARTS) is 1. The largest absolute Gasteiger partial charge is 0.493 e. The van der Waals surface area contributed by atoms with E-state index in [-0.39, 0.29) is 10.8 Å². The highest BCUT2D eigenvalue weighted by Crippen LogP contribution is 2.33. The van der Waals surface area contributed by atoms with Crippen molar-refractivity contribution >= 4 is 33.3 Å². The Balaban J connectivity index is 0.000000638. The third-order valence-corrected chi connectivity index (χ3v) is 6.57. The molecule has 3 rings (SSSR count). The first-order valence-electron chi connectivity index (χ1n) is 11.3. The maximum absolute atomic E-state index is 13.2. The monoisotopic (exact) mass is 562 g/mol. The van der Waals surface area contributed by atoms with Crippen molar-refractivity contribution < 1.29 is 45.8 Å². The lowest BCUT2D eigenvalue weighted by molar-refractivity contribution is -0.192. The van der Waals surface area contributed by atoms with Gasteiger partial charge in [0.25, 0.3) is 15.9 Å². The van der Waals surface area contributed by atoms with Crippen LogP contribution in [0.1, 0.15) is 17.3 Å². The second-order valence-corrected chi connectivity index (χ2v) is 9.44. The minimum absolute atomic E-state index is 0.0276. The number of nitrogens with zero attached hydrogens (tertiary/aromatic N) is 1. The zero-order valence-electron chi connectivity index (χ0n) is 20.9. The molecule has 0 aromatic heterocycles. The van der Waals surface area contributed by atoms with E-state index in [4.69, 9.17) is 19.4 Å². The van der Waals surface area contributed by atoms with E-state index < -0.39 is 22.2 Å². The van der Waals surface area contributed by atoms with Gasteiger partial charge in [-0.2, -0.15) is 13.2 Å². The highest BCUT2D eigenvalue weighted by atomic mass is 32.2. The Morgan fingerprint density at radius 1 is 1.05 bits per heavy atom. The summed E-state index contributed by atoms with van der Waals surface area (Å²) in [4.78, 5) is 23.3. The number of ether oxygens (including phenoxy) is 2. The van der Waals surface area contributed by atoms with Gasteiger partial charge in [-0.05, 0) is 37.3 Å². The van der Waals surface area contributed by atoms with Gasteiger partial charge in [0, 0.05) is 44.4 Å². The predicted molar refractivity (Wildman–Crippen MR) is 134 cm³/mol. The Hall–Kier alpha value is -3.72. The number of methoxy groups -OCH3 is 2. The number of alkyl halides is 3. The molecule has 0 saturated carbocycles. The van der Waals surface area contributed by atoms with Gasteiger partial charge < -0.3 is 30.1 Å². The molecule has 1 heterocycles. The van der Waals surface area contributed by atoms with Crippen LogP contribution in [0.2, 0.25) is 0 Å². The summed E-state index contributed by atoms with van der Waals surface area (Å²) in [5.74, 6) is -2.28. The Morgan fingerprint density at radius 3 is 2.18 bits per heavy atom. The van der Waals surface area contributed by atoms with Gasteiger partial charge in [0.2, 0.25) is 0 Å². The zero-order valence-corrected chi connectivity index (χ0v) is 21.7. The van der Waals surface area contributed by atoms with Crippen LogP contribution < -0.4 is 29.7 Å². The molecule has 1 fully saturated rings. The molecule has 210 valence electrons. The molecule has 0 radical (unpaired) electrons. The molecule has 2 aromatic rings. The number of benzene rings is 2. The van der Waals surface area contributed by atoms with Gasteiger partial charge in [-0.25, -0.2) is 13.2 Å². The average Bonchev–Trinajstić information content (AvgIpc) is 2.88. The van der Waals surface area contributed by atoms with Crippen LogP contribution in [0.5, 0.6) is 11.5 Å². The van der Waals surface area contributed by atoms with E-state index in [9.17, 15) is 26.4 Å². The summed E-state index contributed by atoms with van der Waals surface area (Å²) < 4.78 is 71.2. The van der Waals surface area contributed by atoms with Crippen LogP contribution in [-0.4, -0.2) is 78.5 Å². The number of hydrogen-bond donors (Lipinski definition) is 4. The number of carbonyl (C=O) groups is 2. The molecular formula is C23H29F3N4O7S. The summed E-state index contributed by atoms with van der Waals surface area (Å²) in [5.41, 5.74) is 1.45. The SMILES string of the molecule is CCNC(=O)c1ccc(N2CCNCC2)c(NS(=O)(=O)c2ccc(OC)c(OC)c2)c1.O=C(O)C(F)(F)F. The zero-order chi connectivity index (χ0) is 28.5. The van der Waals surface area contributed by atoms with E-state index in [0.717, 1.165) is 31.9 Å². The Kier molecular flexibility index (Phi) is 10.6. The molecular weight excluding hydrogens is 533 g/mol. The fourth-order valence-electron chi connectivity index (χ4n) is 3.39. The van der Waals surface area contributed by atoms with E-state index in [1.54, 1.807) is 18.2 Å². The summed E-state index contributed by atoms with van der Waals surface area (Å²) in [7, 11) is -1.02. The topological polar surface area (TPSA) is 146 Å². The van der Waals surface area contributed by atoms with Crippen molar-refractivity contribution in [1.29, 1.82) is 0 Å². The van der Waals surface area contributed by atoms with E-state index in [2.05, 4.69) is 20.3 Å². The van der Waals surface area contributed by atoms with Crippen LogP contribution in [0.3, 0.4) is 0 Å². The summed E-state index contributed by atoms with van der Waals surface area (Å²) in [5, 5.41) is 13.1. The van der Waals surface area contributed by atoms with Gasteiger partial charge in [-0.3, -0.25) is 9.52 Å². The molecule has 4 N–H and O–H groups in total. The lowest BCUT2D eigenvalue weighted by Crippen LogP contribution is -2.43. The first-order valence-corrected chi connectivity index (χ1v) is 12.7. The Morgan fingerprint density at radius 2 is 1.66 bits per heavy atom. The molecule has 11 nitrogen and oxygen atoms in total. The van der Waals surface area contributed by atoms with Crippen LogP contribution in [0.15, 0.2) is 41.3 Å². The summed E-state index contributed by atoms with van der Waals surface area (Å²) in [6.45, 7) is 5.34. The van der Waals surface area contributed by atoms with Crippen molar-refractivity contribution in [2.75, 3.05) is 56.6 Å². The molecule has 1 amide bonds.